The Bertz CT molecular complexity index is 631. The van der Waals surface area contributed by atoms with Crippen LogP contribution in [0.5, 0.6) is 5.75 Å². The van der Waals surface area contributed by atoms with Crippen molar-refractivity contribution in [2.45, 2.75) is 40.2 Å². The predicted octanol–water partition coefficient (Wildman–Crippen LogP) is 2.17. The van der Waals surface area contributed by atoms with E-state index < -0.39 is 6.10 Å². The monoisotopic (exact) mass is 375 g/mol. The summed E-state index contributed by atoms with van der Waals surface area (Å²) < 4.78 is 5.84. The highest BCUT2D eigenvalue weighted by atomic mass is 16.5. The van der Waals surface area contributed by atoms with Crippen LogP contribution in [0.15, 0.2) is 24.3 Å². The first-order chi connectivity index (χ1) is 12.9. The van der Waals surface area contributed by atoms with Gasteiger partial charge >= 0.3 is 0 Å². The lowest BCUT2D eigenvalue weighted by molar-refractivity contribution is -0.137. The van der Waals surface area contributed by atoms with E-state index in [1.54, 1.807) is 6.92 Å². The van der Waals surface area contributed by atoms with Gasteiger partial charge < -0.3 is 14.5 Å². The summed E-state index contributed by atoms with van der Waals surface area (Å²) in [7, 11) is 0. The standard InChI is InChI=1S/C21H33N3O3/c1-5-23(6-2)20(25)16-22-11-8-12-24(14-13-22)21(26)18(4)27-19-10-7-9-17(3)15-19/h7,9-10,15,18H,5-6,8,11-14,16H2,1-4H3. The highest BCUT2D eigenvalue weighted by Crippen LogP contribution is 2.15. The third kappa shape index (κ3) is 6.24. The van der Waals surface area contributed by atoms with E-state index >= 15 is 0 Å². The van der Waals surface area contributed by atoms with E-state index in [9.17, 15) is 9.59 Å². The molecule has 2 amide bonds. The summed E-state index contributed by atoms with van der Waals surface area (Å²) in [5.74, 6) is 0.890. The Morgan fingerprint density at radius 3 is 2.56 bits per heavy atom. The Hall–Kier alpha value is -2.08. The SMILES string of the molecule is CCN(CC)C(=O)CN1CCCN(C(=O)C(C)Oc2cccc(C)c2)CC1. The number of carbonyl (C=O) groups excluding carboxylic acids is 2. The third-order valence-electron chi connectivity index (χ3n) is 5.03. The van der Waals surface area contributed by atoms with Crippen LogP contribution in [0.2, 0.25) is 0 Å². The van der Waals surface area contributed by atoms with Gasteiger partial charge in [0.05, 0.1) is 6.54 Å². The average molecular weight is 376 g/mol. The molecule has 1 heterocycles. The van der Waals surface area contributed by atoms with Crippen LogP contribution in [0, 0.1) is 6.92 Å². The summed E-state index contributed by atoms with van der Waals surface area (Å²) >= 11 is 0. The molecule has 27 heavy (non-hydrogen) atoms. The van der Waals surface area contributed by atoms with Crippen molar-refractivity contribution in [3.8, 4) is 5.75 Å². The lowest BCUT2D eigenvalue weighted by atomic mass is 10.2. The fourth-order valence-corrected chi connectivity index (χ4v) is 3.42. The van der Waals surface area contributed by atoms with Crippen LogP contribution in [0.1, 0.15) is 32.8 Å². The number of carbonyl (C=O) groups is 2. The van der Waals surface area contributed by atoms with E-state index in [4.69, 9.17) is 4.74 Å². The fraction of sp³-hybridized carbons (Fsp3) is 0.619. The van der Waals surface area contributed by atoms with E-state index in [0.717, 1.165) is 43.9 Å². The highest BCUT2D eigenvalue weighted by molar-refractivity contribution is 5.81. The first kappa shape index (κ1) is 21.2. The van der Waals surface area contributed by atoms with E-state index in [-0.39, 0.29) is 11.8 Å². The van der Waals surface area contributed by atoms with Gasteiger partial charge in [0.1, 0.15) is 5.75 Å². The Labute approximate surface area is 163 Å². The van der Waals surface area contributed by atoms with Crippen LogP contribution < -0.4 is 4.74 Å². The first-order valence-corrected chi connectivity index (χ1v) is 9.96. The Morgan fingerprint density at radius 2 is 1.89 bits per heavy atom. The molecule has 1 fully saturated rings. The first-order valence-electron chi connectivity index (χ1n) is 9.96. The van der Waals surface area contributed by atoms with Gasteiger partial charge in [0.15, 0.2) is 6.10 Å². The number of ether oxygens (including phenoxy) is 1. The van der Waals surface area contributed by atoms with Crippen molar-refractivity contribution in [1.29, 1.82) is 0 Å². The average Bonchev–Trinajstić information content (AvgIpc) is 2.87. The Kier molecular flexibility index (Phi) is 8.10. The molecule has 0 N–H and O–H groups in total. The van der Waals surface area contributed by atoms with Crippen LogP contribution in [-0.4, -0.2) is 78.4 Å². The maximum absolute atomic E-state index is 12.8. The lowest BCUT2D eigenvalue weighted by Gasteiger charge is -2.26. The minimum absolute atomic E-state index is 0.00780. The van der Waals surface area contributed by atoms with Crippen molar-refractivity contribution in [1.82, 2.24) is 14.7 Å². The van der Waals surface area contributed by atoms with Gasteiger partial charge in [-0.15, -0.1) is 0 Å². The number of nitrogens with zero attached hydrogens (tertiary/aromatic N) is 3. The molecule has 1 aliphatic heterocycles. The quantitative estimate of drug-likeness (QED) is 0.733. The van der Waals surface area contributed by atoms with Crippen molar-refractivity contribution in [3.05, 3.63) is 29.8 Å². The molecule has 0 saturated carbocycles. The normalized spacial score (nSPS) is 16.5. The van der Waals surface area contributed by atoms with Gasteiger partial charge in [-0.1, -0.05) is 12.1 Å². The van der Waals surface area contributed by atoms with Crippen molar-refractivity contribution in [2.75, 3.05) is 45.8 Å². The van der Waals surface area contributed by atoms with Crippen LogP contribution in [0.3, 0.4) is 0 Å². The van der Waals surface area contributed by atoms with E-state index in [1.807, 2.05) is 54.8 Å². The third-order valence-corrected chi connectivity index (χ3v) is 5.03. The van der Waals surface area contributed by atoms with E-state index in [1.165, 1.54) is 0 Å². The summed E-state index contributed by atoms with van der Waals surface area (Å²) in [5.41, 5.74) is 1.11. The van der Waals surface area contributed by atoms with Crippen LogP contribution in [-0.2, 0) is 9.59 Å². The molecule has 0 radical (unpaired) electrons. The summed E-state index contributed by atoms with van der Waals surface area (Å²) in [6, 6.07) is 7.74. The molecule has 150 valence electrons. The molecule has 1 saturated heterocycles. The zero-order chi connectivity index (χ0) is 19.8. The second kappa shape index (κ2) is 10.3. The molecule has 0 spiro atoms. The zero-order valence-electron chi connectivity index (χ0n) is 17.1. The Balaban J connectivity index is 1.87. The molecule has 1 aliphatic rings. The number of amides is 2. The number of likely N-dealkylation sites (N-methyl/N-ethyl adjacent to an activating group) is 1. The van der Waals surface area contributed by atoms with E-state index in [0.29, 0.717) is 19.6 Å². The zero-order valence-corrected chi connectivity index (χ0v) is 17.1. The number of hydrogen-bond acceptors (Lipinski definition) is 4. The lowest BCUT2D eigenvalue weighted by Crippen LogP contribution is -2.44. The minimum Gasteiger partial charge on any atom is -0.481 e. The minimum atomic E-state index is -0.518. The van der Waals surface area contributed by atoms with Gasteiger partial charge in [0.2, 0.25) is 5.91 Å². The van der Waals surface area contributed by atoms with Crippen molar-refractivity contribution >= 4 is 11.8 Å². The van der Waals surface area contributed by atoms with Crippen molar-refractivity contribution in [2.24, 2.45) is 0 Å². The molecular weight excluding hydrogens is 342 g/mol. The number of benzene rings is 1. The molecule has 1 atom stereocenters. The molecule has 0 bridgehead atoms. The van der Waals surface area contributed by atoms with Crippen LogP contribution >= 0.6 is 0 Å². The smallest absolute Gasteiger partial charge is 0.263 e. The topological polar surface area (TPSA) is 53.1 Å². The van der Waals surface area contributed by atoms with Gasteiger partial charge in [-0.05, 0) is 51.8 Å². The van der Waals surface area contributed by atoms with Crippen molar-refractivity contribution in [3.63, 3.8) is 0 Å². The van der Waals surface area contributed by atoms with Gasteiger partial charge in [-0.3, -0.25) is 14.5 Å². The van der Waals surface area contributed by atoms with Gasteiger partial charge in [0, 0.05) is 39.3 Å². The molecule has 1 aromatic carbocycles. The molecule has 6 heteroatoms. The summed E-state index contributed by atoms with van der Waals surface area (Å²) in [4.78, 5) is 31.0. The predicted molar refractivity (Wildman–Crippen MR) is 107 cm³/mol. The molecule has 1 unspecified atom stereocenters. The number of aryl methyl sites for hydroxylation is 1. The van der Waals surface area contributed by atoms with Gasteiger partial charge in [-0.25, -0.2) is 0 Å². The molecule has 0 aliphatic carbocycles. The van der Waals surface area contributed by atoms with Gasteiger partial charge in [-0.2, -0.15) is 0 Å². The summed E-state index contributed by atoms with van der Waals surface area (Å²) in [6.07, 6.45) is 0.352. The largest absolute Gasteiger partial charge is 0.481 e. The maximum atomic E-state index is 12.8. The molecular formula is C21H33N3O3. The van der Waals surface area contributed by atoms with Gasteiger partial charge in [0.25, 0.3) is 5.91 Å². The number of rotatable bonds is 7. The van der Waals surface area contributed by atoms with Crippen molar-refractivity contribution < 1.29 is 14.3 Å². The molecule has 0 aromatic heterocycles. The Morgan fingerprint density at radius 1 is 1.15 bits per heavy atom. The molecule has 6 nitrogen and oxygen atoms in total. The summed E-state index contributed by atoms with van der Waals surface area (Å²) in [5, 5.41) is 0. The maximum Gasteiger partial charge on any atom is 0.263 e. The molecule has 2 rings (SSSR count). The fourth-order valence-electron chi connectivity index (χ4n) is 3.42. The molecule has 1 aromatic rings. The van der Waals surface area contributed by atoms with E-state index in [2.05, 4.69) is 4.90 Å². The number of hydrogen-bond donors (Lipinski definition) is 0. The summed E-state index contributed by atoms with van der Waals surface area (Å²) in [6.45, 7) is 12.6. The second-order valence-electron chi connectivity index (χ2n) is 7.10. The second-order valence-corrected chi connectivity index (χ2v) is 7.10. The van der Waals surface area contributed by atoms with Crippen LogP contribution in [0.4, 0.5) is 0 Å². The van der Waals surface area contributed by atoms with Crippen LogP contribution in [0.25, 0.3) is 0 Å². The highest BCUT2D eigenvalue weighted by Gasteiger charge is 2.25.